The molecule has 2 heterocycles. The summed E-state index contributed by atoms with van der Waals surface area (Å²) in [5.41, 5.74) is 2.75. The number of carbonyl (C=O) groups excluding carboxylic acids is 2. The highest BCUT2D eigenvalue weighted by molar-refractivity contribution is 5.97. The molecule has 1 fully saturated rings. The highest BCUT2D eigenvalue weighted by Crippen LogP contribution is 2.27. The molecular formula is C30H40N2O4. The Labute approximate surface area is 215 Å². The Morgan fingerprint density at radius 3 is 2.42 bits per heavy atom. The zero-order valence-corrected chi connectivity index (χ0v) is 21.8. The van der Waals surface area contributed by atoms with E-state index in [-0.39, 0.29) is 24.0 Å². The Morgan fingerprint density at radius 1 is 0.917 bits per heavy atom. The molecule has 194 valence electrons. The molecule has 0 radical (unpaired) electrons. The van der Waals surface area contributed by atoms with E-state index in [1.165, 1.54) is 12.8 Å². The van der Waals surface area contributed by atoms with Crippen LogP contribution in [0.5, 0.6) is 5.75 Å². The van der Waals surface area contributed by atoms with Gasteiger partial charge in [-0.1, -0.05) is 62.1 Å². The highest BCUT2D eigenvalue weighted by atomic mass is 16.5. The van der Waals surface area contributed by atoms with Gasteiger partial charge in [0.05, 0.1) is 25.1 Å². The van der Waals surface area contributed by atoms with Crippen molar-refractivity contribution in [1.82, 2.24) is 9.80 Å². The first kappa shape index (κ1) is 26.2. The average Bonchev–Trinajstić information content (AvgIpc) is 3.28. The third kappa shape index (κ3) is 6.67. The van der Waals surface area contributed by atoms with Crippen molar-refractivity contribution in [3.63, 3.8) is 0 Å². The van der Waals surface area contributed by atoms with Crippen LogP contribution in [0.4, 0.5) is 0 Å². The summed E-state index contributed by atoms with van der Waals surface area (Å²) < 4.78 is 12.8. The van der Waals surface area contributed by atoms with Gasteiger partial charge in [0.2, 0.25) is 5.91 Å². The van der Waals surface area contributed by atoms with E-state index >= 15 is 0 Å². The zero-order chi connectivity index (χ0) is 25.3. The van der Waals surface area contributed by atoms with Gasteiger partial charge in [-0.05, 0) is 49.9 Å². The molecule has 2 atom stereocenters. The number of ether oxygens (including phenoxy) is 2. The Kier molecular flexibility index (Phi) is 9.40. The maximum atomic E-state index is 13.4. The third-order valence-electron chi connectivity index (χ3n) is 7.39. The quantitative estimate of drug-likeness (QED) is 0.603. The van der Waals surface area contributed by atoms with Crippen molar-refractivity contribution in [3.05, 3.63) is 65.2 Å². The number of hydrogen-bond donors (Lipinski definition) is 0. The number of benzene rings is 2. The lowest BCUT2D eigenvalue weighted by molar-refractivity contribution is -0.130. The first-order chi connectivity index (χ1) is 17.6. The van der Waals surface area contributed by atoms with Crippen molar-refractivity contribution < 1.29 is 19.1 Å². The molecule has 0 bridgehead atoms. The van der Waals surface area contributed by atoms with Crippen molar-refractivity contribution in [2.75, 3.05) is 32.8 Å². The number of carbonyl (C=O) groups is 2. The van der Waals surface area contributed by atoms with Gasteiger partial charge in [0, 0.05) is 19.7 Å². The van der Waals surface area contributed by atoms with Crippen LogP contribution in [-0.2, 0) is 16.0 Å². The molecule has 0 unspecified atom stereocenters. The topological polar surface area (TPSA) is 59.1 Å². The predicted octanol–water partition coefficient (Wildman–Crippen LogP) is 5.03. The van der Waals surface area contributed by atoms with Crippen LogP contribution in [0.1, 0.15) is 66.9 Å². The van der Waals surface area contributed by atoms with Crippen molar-refractivity contribution in [2.24, 2.45) is 0 Å². The lowest BCUT2D eigenvalue weighted by Crippen LogP contribution is -2.35. The second-order valence-electron chi connectivity index (χ2n) is 9.97. The minimum Gasteiger partial charge on any atom is -0.485 e. The van der Waals surface area contributed by atoms with Gasteiger partial charge in [-0.2, -0.15) is 0 Å². The molecule has 0 aliphatic carbocycles. The minimum atomic E-state index is -0.317. The van der Waals surface area contributed by atoms with Gasteiger partial charge < -0.3 is 19.3 Å². The van der Waals surface area contributed by atoms with Crippen LogP contribution in [0.25, 0.3) is 0 Å². The number of aryl methyl sites for hydroxylation is 1. The molecule has 4 rings (SSSR count). The summed E-state index contributed by atoms with van der Waals surface area (Å²) in [6, 6.07) is 15.5. The van der Waals surface area contributed by atoms with E-state index < -0.39 is 0 Å². The van der Waals surface area contributed by atoms with Crippen LogP contribution < -0.4 is 4.74 Å². The van der Waals surface area contributed by atoms with Gasteiger partial charge >= 0.3 is 0 Å². The van der Waals surface area contributed by atoms with Crippen LogP contribution in [0, 0.1) is 6.92 Å². The molecule has 2 amide bonds. The van der Waals surface area contributed by atoms with E-state index in [1.807, 2.05) is 72.2 Å². The Balaban J connectivity index is 1.53. The second-order valence-corrected chi connectivity index (χ2v) is 9.97. The molecule has 1 saturated heterocycles. The number of rotatable bonds is 3. The summed E-state index contributed by atoms with van der Waals surface area (Å²) in [6.07, 6.45) is 6.48. The smallest absolute Gasteiger partial charge is 0.257 e. The number of nitrogens with zero attached hydrogens (tertiary/aromatic N) is 2. The van der Waals surface area contributed by atoms with E-state index in [0.717, 1.165) is 43.4 Å². The number of fused-ring (bicyclic) bond motifs is 2. The van der Waals surface area contributed by atoms with Crippen molar-refractivity contribution in [1.29, 1.82) is 0 Å². The summed E-state index contributed by atoms with van der Waals surface area (Å²) in [4.78, 5) is 30.4. The molecule has 0 saturated carbocycles. The number of likely N-dealkylation sites (tertiary alicyclic amines) is 1. The fraction of sp³-hybridized carbons (Fsp3) is 0.533. The monoisotopic (exact) mass is 492 g/mol. The van der Waals surface area contributed by atoms with Crippen LogP contribution in [0.15, 0.2) is 48.5 Å². The van der Waals surface area contributed by atoms with Crippen LogP contribution in [0.3, 0.4) is 0 Å². The van der Waals surface area contributed by atoms with Gasteiger partial charge in [-0.25, -0.2) is 0 Å². The first-order valence-corrected chi connectivity index (χ1v) is 13.6. The standard InChI is InChI=1S/C30H40N2O4/c1-3-31-18-12-6-4-5-7-13-19-35-27-21-32(29(33)20-24-15-9-8-14-23(24)2)22-28(27)36-26-17-11-10-16-25(26)30(31)34/h8-11,14-17,27-28H,3-7,12-13,18-22H2,1-2H3/t27-,28-/m1/s1. The van der Waals surface area contributed by atoms with E-state index in [9.17, 15) is 9.59 Å². The molecule has 2 aromatic rings. The fourth-order valence-electron chi connectivity index (χ4n) is 5.13. The van der Waals surface area contributed by atoms with E-state index in [2.05, 4.69) is 0 Å². The third-order valence-corrected chi connectivity index (χ3v) is 7.39. The van der Waals surface area contributed by atoms with Gasteiger partial charge in [-0.3, -0.25) is 9.59 Å². The van der Waals surface area contributed by atoms with Crippen molar-refractivity contribution >= 4 is 11.8 Å². The molecule has 0 aromatic heterocycles. The summed E-state index contributed by atoms with van der Waals surface area (Å²) in [7, 11) is 0. The Bertz CT molecular complexity index is 1020. The summed E-state index contributed by atoms with van der Waals surface area (Å²) in [5.74, 6) is 0.652. The number of amides is 2. The molecule has 2 aliphatic heterocycles. The largest absolute Gasteiger partial charge is 0.485 e. The highest BCUT2D eigenvalue weighted by Gasteiger charge is 2.38. The van der Waals surface area contributed by atoms with Crippen LogP contribution in [0.2, 0.25) is 0 Å². The summed E-state index contributed by atoms with van der Waals surface area (Å²) in [6.45, 7) is 7.12. The van der Waals surface area contributed by atoms with E-state index in [1.54, 1.807) is 0 Å². The first-order valence-electron chi connectivity index (χ1n) is 13.6. The summed E-state index contributed by atoms with van der Waals surface area (Å²) >= 11 is 0. The molecule has 6 heteroatoms. The molecular weight excluding hydrogens is 452 g/mol. The average molecular weight is 493 g/mol. The van der Waals surface area contributed by atoms with Crippen LogP contribution in [-0.4, -0.2) is 66.6 Å². The molecule has 2 aliphatic rings. The Morgan fingerprint density at radius 2 is 1.61 bits per heavy atom. The van der Waals surface area contributed by atoms with E-state index in [4.69, 9.17) is 9.47 Å². The SMILES string of the molecule is CCN1CCCCCCCCO[C@@H]2CN(C(=O)Cc3ccccc3C)C[C@H]2Oc2ccccc2C1=O. The van der Waals surface area contributed by atoms with Gasteiger partial charge in [0.15, 0.2) is 0 Å². The molecule has 0 spiro atoms. The van der Waals surface area contributed by atoms with Gasteiger partial charge in [0.1, 0.15) is 18.0 Å². The Hall–Kier alpha value is -2.86. The molecule has 0 N–H and O–H groups in total. The predicted molar refractivity (Wildman–Crippen MR) is 141 cm³/mol. The summed E-state index contributed by atoms with van der Waals surface area (Å²) in [5, 5.41) is 0. The molecule has 2 aromatic carbocycles. The number of hydrogen-bond acceptors (Lipinski definition) is 4. The van der Waals surface area contributed by atoms with E-state index in [0.29, 0.717) is 44.0 Å². The fourth-order valence-corrected chi connectivity index (χ4v) is 5.13. The normalized spacial score (nSPS) is 22.0. The van der Waals surface area contributed by atoms with Crippen LogP contribution >= 0.6 is 0 Å². The lowest BCUT2D eigenvalue weighted by atomic mass is 10.1. The maximum absolute atomic E-state index is 13.4. The molecule has 6 nitrogen and oxygen atoms in total. The lowest BCUT2D eigenvalue weighted by Gasteiger charge is -2.25. The van der Waals surface area contributed by atoms with Crippen molar-refractivity contribution in [2.45, 2.75) is 71.0 Å². The number of para-hydroxylation sites is 1. The van der Waals surface area contributed by atoms with Gasteiger partial charge in [0.25, 0.3) is 5.91 Å². The zero-order valence-electron chi connectivity index (χ0n) is 21.8. The van der Waals surface area contributed by atoms with Crippen molar-refractivity contribution in [3.8, 4) is 5.75 Å². The molecule has 36 heavy (non-hydrogen) atoms. The van der Waals surface area contributed by atoms with Gasteiger partial charge in [-0.15, -0.1) is 0 Å². The maximum Gasteiger partial charge on any atom is 0.257 e. The minimum absolute atomic E-state index is 0.00291. The second kappa shape index (κ2) is 12.9.